The molecule has 0 saturated carbocycles. The van der Waals surface area contributed by atoms with Gasteiger partial charge in [-0.1, -0.05) is 27.7 Å². The number of amides is 1. The number of nitrogen functional groups attached to an aromatic ring is 1. The van der Waals surface area contributed by atoms with Crippen LogP contribution in [0.2, 0.25) is 0 Å². The molecule has 0 aliphatic rings. The number of nitrogens with two attached hydrogens (primary N) is 1. The van der Waals surface area contributed by atoms with Crippen molar-refractivity contribution in [2.45, 2.75) is 12.1 Å². The lowest BCUT2D eigenvalue weighted by molar-refractivity contribution is -0.113. The van der Waals surface area contributed by atoms with Crippen LogP contribution in [0.3, 0.4) is 0 Å². The Bertz CT molecular complexity index is 1090. The predicted octanol–water partition coefficient (Wildman–Crippen LogP) is 3.34. The molecule has 0 aliphatic heterocycles. The standard InChI is InChI=1S/C20H22BrN7O3S/c1-3-31-16-7-5-15(6-8-16)24-18(29)12-32-20-27-26-19(28(20)22)25-23-11-13-10-14(21)4-9-17(13)30-2/h4-11H,3,12,22H2,1-2H3,(H,24,29)(H,25,26)/b23-11+. The summed E-state index contributed by atoms with van der Waals surface area (Å²) >= 11 is 4.57. The number of ether oxygens (including phenoxy) is 2. The number of benzene rings is 2. The molecule has 1 amide bonds. The van der Waals surface area contributed by atoms with E-state index in [1.807, 2.05) is 25.1 Å². The van der Waals surface area contributed by atoms with Gasteiger partial charge in [-0.2, -0.15) is 5.10 Å². The Balaban J connectivity index is 1.53. The van der Waals surface area contributed by atoms with Crippen molar-refractivity contribution >= 4 is 51.4 Å². The minimum Gasteiger partial charge on any atom is -0.496 e. The van der Waals surface area contributed by atoms with Crippen LogP contribution in [0.5, 0.6) is 11.5 Å². The first-order valence-corrected chi connectivity index (χ1v) is 11.3. The van der Waals surface area contributed by atoms with E-state index in [-0.39, 0.29) is 17.6 Å². The number of nitrogens with one attached hydrogen (secondary N) is 2. The largest absolute Gasteiger partial charge is 0.496 e. The normalized spacial score (nSPS) is 10.8. The molecule has 10 nitrogen and oxygen atoms in total. The summed E-state index contributed by atoms with van der Waals surface area (Å²) in [6, 6.07) is 12.7. The molecule has 0 saturated heterocycles. The molecular formula is C20H22BrN7O3S. The fourth-order valence-corrected chi connectivity index (χ4v) is 3.58. The van der Waals surface area contributed by atoms with E-state index in [2.05, 4.69) is 42.0 Å². The maximum absolute atomic E-state index is 12.2. The highest BCUT2D eigenvalue weighted by molar-refractivity contribution is 9.10. The van der Waals surface area contributed by atoms with Crippen molar-refractivity contribution in [3.05, 3.63) is 52.5 Å². The minimum absolute atomic E-state index is 0.112. The third kappa shape index (κ3) is 6.37. The Morgan fingerprint density at radius 2 is 2.06 bits per heavy atom. The first-order valence-electron chi connectivity index (χ1n) is 9.48. The number of anilines is 2. The van der Waals surface area contributed by atoms with Gasteiger partial charge in [-0.25, -0.2) is 10.1 Å². The summed E-state index contributed by atoms with van der Waals surface area (Å²) in [7, 11) is 1.58. The van der Waals surface area contributed by atoms with E-state index < -0.39 is 0 Å². The molecule has 2 aromatic carbocycles. The van der Waals surface area contributed by atoms with Gasteiger partial charge in [0.2, 0.25) is 11.1 Å². The molecule has 0 radical (unpaired) electrons. The number of rotatable bonds is 10. The maximum Gasteiger partial charge on any atom is 0.264 e. The van der Waals surface area contributed by atoms with E-state index in [0.29, 0.717) is 23.2 Å². The lowest BCUT2D eigenvalue weighted by Gasteiger charge is -2.07. The Labute approximate surface area is 197 Å². The number of carbonyl (C=O) groups excluding carboxylic acids is 1. The van der Waals surface area contributed by atoms with Crippen LogP contribution in [0.25, 0.3) is 0 Å². The van der Waals surface area contributed by atoms with Gasteiger partial charge in [-0.15, -0.1) is 10.2 Å². The molecule has 3 aromatic rings. The molecular weight excluding hydrogens is 498 g/mol. The molecule has 0 bridgehead atoms. The second kappa shape index (κ2) is 11.4. The lowest BCUT2D eigenvalue weighted by atomic mass is 10.2. The molecule has 3 rings (SSSR count). The summed E-state index contributed by atoms with van der Waals surface area (Å²) < 4.78 is 12.8. The third-order valence-corrected chi connectivity index (χ3v) is 5.44. The molecule has 12 heteroatoms. The molecule has 0 unspecified atom stereocenters. The van der Waals surface area contributed by atoms with Crippen molar-refractivity contribution < 1.29 is 14.3 Å². The van der Waals surface area contributed by atoms with Crippen LogP contribution < -0.4 is 26.1 Å². The van der Waals surface area contributed by atoms with Gasteiger partial charge in [0, 0.05) is 15.7 Å². The second-order valence-corrected chi connectivity index (χ2v) is 8.08. The number of halogens is 1. The molecule has 168 valence electrons. The third-order valence-electron chi connectivity index (χ3n) is 4.01. The summed E-state index contributed by atoms with van der Waals surface area (Å²) in [5, 5.41) is 15.2. The van der Waals surface area contributed by atoms with E-state index >= 15 is 0 Å². The monoisotopic (exact) mass is 519 g/mol. The average molecular weight is 520 g/mol. The molecule has 0 spiro atoms. The quantitative estimate of drug-likeness (QED) is 0.161. The predicted molar refractivity (Wildman–Crippen MR) is 129 cm³/mol. The van der Waals surface area contributed by atoms with Gasteiger partial charge in [0.05, 0.1) is 25.7 Å². The smallest absolute Gasteiger partial charge is 0.264 e. The van der Waals surface area contributed by atoms with Gasteiger partial charge < -0.3 is 20.6 Å². The van der Waals surface area contributed by atoms with E-state index in [1.54, 1.807) is 37.6 Å². The summed E-state index contributed by atoms with van der Waals surface area (Å²) in [6.45, 7) is 2.50. The van der Waals surface area contributed by atoms with Crippen molar-refractivity contribution in [1.82, 2.24) is 14.9 Å². The van der Waals surface area contributed by atoms with Gasteiger partial charge in [0.15, 0.2) is 0 Å². The molecule has 1 aromatic heterocycles. The lowest BCUT2D eigenvalue weighted by Crippen LogP contribution is -2.16. The number of methoxy groups -OCH3 is 1. The first kappa shape index (κ1) is 23.4. The van der Waals surface area contributed by atoms with Crippen LogP contribution in [0.1, 0.15) is 12.5 Å². The van der Waals surface area contributed by atoms with Crippen LogP contribution in [-0.4, -0.2) is 46.5 Å². The summed E-state index contributed by atoms with van der Waals surface area (Å²) in [5.41, 5.74) is 4.17. The molecule has 4 N–H and O–H groups in total. The van der Waals surface area contributed by atoms with Crippen molar-refractivity contribution in [3.63, 3.8) is 0 Å². The number of nitrogens with zero attached hydrogens (tertiary/aromatic N) is 4. The van der Waals surface area contributed by atoms with Gasteiger partial charge >= 0.3 is 0 Å². The number of hydrazone groups is 1. The van der Waals surface area contributed by atoms with Crippen molar-refractivity contribution in [2.24, 2.45) is 5.10 Å². The number of hydrogen-bond donors (Lipinski definition) is 3. The van der Waals surface area contributed by atoms with Crippen LogP contribution >= 0.6 is 27.7 Å². The zero-order chi connectivity index (χ0) is 22.9. The van der Waals surface area contributed by atoms with Crippen molar-refractivity contribution in [2.75, 3.05) is 36.1 Å². The van der Waals surface area contributed by atoms with E-state index in [0.717, 1.165) is 27.5 Å². The van der Waals surface area contributed by atoms with Crippen LogP contribution in [0, 0.1) is 0 Å². The van der Waals surface area contributed by atoms with Gasteiger partial charge in [-0.3, -0.25) is 4.79 Å². The number of carbonyl (C=O) groups is 1. The fraction of sp³-hybridized carbons (Fsp3) is 0.200. The maximum atomic E-state index is 12.2. The van der Waals surface area contributed by atoms with Crippen LogP contribution in [-0.2, 0) is 4.79 Å². The van der Waals surface area contributed by atoms with Crippen LogP contribution in [0.4, 0.5) is 11.6 Å². The zero-order valence-corrected chi connectivity index (χ0v) is 19.8. The first-order chi connectivity index (χ1) is 15.5. The highest BCUT2D eigenvalue weighted by Gasteiger charge is 2.12. The number of aromatic nitrogens is 3. The van der Waals surface area contributed by atoms with E-state index in [4.69, 9.17) is 15.3 Å². The highest BCUT2D eigenvalue weighted by atomic mass is 79.9. The van der Waals surface area contributed by atoms with Crippen molar-refractivity contribution in [3.8, 4) is 11.5 Å². The van der Waals surface area contributed by atoms with E-state index in [9.17, 15) is 4.79 Å². The van der Waals surface area contributed by atoms with Gasteiger partial charge in [-0.05, 0) is 49.4 Å². The average Bonchev–Trinajstić information content (AvgIpc) is 3.13. The Morgan fingerprint density at radius 3 is 2.78 bits per heavy atom. The van der Waals surface area contributed by atoms with Gasteiger partial charge in [0.1, 0.15) is 11.5 Å². The van der Waals surface area contributed by atoms with E-state index in [1.165, 1.54) is 4.68 Å². The van der Waals surface area contributed by atoms with Crippen molar-refractivity contribution in [1.29, 1.82) is 0 Å². The molecule has 0 fully saturated rings. The fourth-order valence-electron chi connectivity index (χ4n) is 2.55. The number of hydrogen-bond acceptors (Lipinski definition) is 9. The SMILES string of the molecule is CCOc1ccc(NC(=O)CSc2nnc(N/N=C/c3cc(Br)ccc3OC)n2N)cc1. The molecule has 0 atom stereocenters. The second-order valence-electron chi connectivity index (χ2n) is 6.23. The highest BCUT2D eigenvalue weighted by Crippen LogP contribution is 2.22. The molecule has 32 heavy (non-hydrogen) atoms. The topological polar surface area (TPSA) is 129 Å². The van der Waals surface area contributed by atoms with Crippen LogP contribution in [0.15, 0.2) is 57.2 Å². The zero-order valence-electron chi connectivity index (χ0n) is 17.4. The summed E-state index contributed by atoms with van der Waals surface area (Å²) in [5.74, 6) is 7.56. The Kier molecular flexibility index (Phi) is 8.34. The Morgan fingerprint density at radius 1 is 1.28 bits per heavy atom. The van der Waals surface area contributed by atoms with Gasteiger partial charge in [0.25, 0.3) is 5.95 Å². The molecule has 1 heterocycles. The summed E-state index contributed by atoms with van der Waals surface area (Å²) in [6.07, 6.45) is 1.58. The Hall–Kier alpha value is -3.25. The minimum atomic E-state index is -0.198. The number of thioether (sulfide) groups is 1. The molecule has 0 aliphatic carbocycles. The summed E-state index contributed by atoms with van der Waals surface area (Å²) in [4.78, 5) is 12.2.